The molecule has 0 aliphatic carbocycles. The van der Waals surface area contributed by atoms with Crippen LogP contribution in [0.3, 0.4) is 0 Å². The minimum atomic E-state index is -0.578. The lowest BCUT2D eigenvalue weighted by molar-refractivity contribution is -0.0408. The Kier molecular flexibility index (Phi) is 3.76. The molecule has 0 aromatic heterocycles. The summed E-state index contributed by atoms with van der Waals surface area (Å²) in [6.07, 6.45) is -0.458. The summed E-state index contributed by atoms with van der Waals surface area (Å²) >= 11 is 0. The van der Waals surface area contributed by atoms with E-state index in [1.165, 1.54) is 12.1 Å². The predicted octanol–water partition coefficient (Wildman–Crippen LogP) is 3.37. The highest BCUT2D eigenvalue weighted by Gasteiger charge is 2.25. The van der Waals surface area contributed by atoms with E-state index in [1.54, 1.807) is 0 Å². The van der Waals surface area contributed by atoms with Crippen molar-refractivity contribution in [1.29, 1.82) is 0 Å². The normalized spacial score (nSPS) is 22.7. The van der Waals surface area contributed by atoms with Gasteiger partial charge in [0.2, 0.25) is 0 Å². The molecular weight excluding hydrogens is 260 g/mol. The van der Waals surface area contributed by atoms with Crippen LogP contribution in [-0.4, -0.2) is 13.1 Å². The lowest BCUT2D eigenvalue weighted by Crippen LogP contribution is -2.36. The van der Waals surface area contributed by atoms with Crippen molar-refractivity contribution in [3.8, 4) is 0 Å². The van der Waals surface area contributed by atoms with Gasteiger partial charge in [0.1, 0.15) is 11.6 Å². The average molecular weight is 275 g/mol. The first-order valence-electron chi connectivity index (χ1n) is 6.59. The second-order valence-electron chi connectivity index (χ2n) is 4.89. The fourth-order valence-corrected chi connectivity index (χ4v) is 2.46. The summed E-state index contributed by atoms with van der Waals surface area (Å²) in [5.41, 5.74) is 1.58. The van der Waals surface area contributed by atoms with Gasteiger partial charge in [-0.3, -0.25) is 0 Å². The molecule has 2 atom stereocenters. The monoisotopic (exact) mass is 275 g/mol. The quantitative estimate of drug-likeness (QED) is 0.907. The first-order chi connectivity index (χ1) is 9.72. The van der Waals surface area contributed by atoms with Crippen LogP contribution < -0.4 is 5.32 Å². The molecule has 1 heterocycles. The van der Waals surface area contributed by atoms with E-state index in [0.717, 1.165) is 11.6 Å². The lowest BCUT2D eigenvalue weighted by Gasteiger charge is -2.31. The van der Waals surface area contributed by atoms with Crippen LogP contribution in [-0.2, 0) is 4.74 Å². The van der Waals surface area contributed by atoms with E-state index < -0.39 is 11.6 Å². The van der Waals surface area contributed by atoms with Crippen molar-refractivity contribution in [1.82, 2.24) is 5.32 Å². The standard InChI is InChI=1S/C16H15F2NO/c17-13-6-12(7-14(18)8-13)16-10-19-9-15(20-16)11-4-2-1-3-5-11/h1-8,15-16,19H,9-10H2. The Bertz CT molecular complexity index is 568. The highest BCUT2D eigenvalue weighted by molar-refractivity contribution is 5.23. The van der Waals surface area contributed by atoms with Crippen molar-refractivity contribution in [3.05, 3.63) is 71.3 Å². The van der Waals surface area contributed by atoms with Gasteiger partial charge in [-0.2, -0.15) is 0 Å². The maximum absolute atomic E-state index is 13.3. The zero-order valence-corrected chi connectivity index (χ0v) is 10.9. The minimum absolute atomic E-state index is 0.110. The van der Waals surface area contributed by atoms with E-state index in [9.17, 15) is 8.78 Å². The SMILES string of the molecule is Fc1cc(F)cc(C2CNCC(c3ccccc3)O2)c1. The first kappa shape index (κ1) is 13.2. The molecule has 0 amide bonds. The summed E-state index contributed by atoms with van der Waals surface area (Å²) in [5, 5.41) is 3.25. The van der Waals surface area contributed by atoms with Gasteiger partial charge in [-0.25, -0.2) is 8.78 Å². The van der Waals surface area contributed by atoms with Gasteiger partial charge >= 0.3 is 0 Å². The van der Waals surface area contributed by atoms with Gasteiger partial charge in [-0.05, 0) is 23.3 Å². The number of benzene rings is 2. The molecule has 3 rings (SSSR count). The Morgan fingerprint density at radius 2 is 1.45 bits per heavy atom. The van der Waals surface area contributed by atoms with E-state index in [1.807, 2.05) is 30.3 Å². The van der Waals surface area contributed by atoms with E-state index in [-0.39, 0.29) is 12.2 Å². The van der Waals surface area contributed by atoms with Crippen molar-refractivity contribution < 1.29 is 13.5 Å². The largest absolute Gasteiger partial charge is 0.363 e. The van der Waals surface area contributed by atoms with Crippen LogP contribution in [0, 0.1) is 11.6 Å². The maximum atomic E-state index is 13.3. The maximum Gasteiger partial charge on any atom is 0.126 e. The second kappa shape index (κ2) is 5.69. The molecule has 1 N–H and O–H groups in total. The molecule has 0 saturated carbocycles. The molecule has 2 aromatic rings. The Hall–Kier alpha value is -1.78. The van der Waals surface area contributed by atoms with Gasteiger partial charge in [-0.1, -0.05) is 30.3 Å². The molecule has 2 nitrogen and oxygen atoms in total. The van der Waals surface area contributed by atoms with Gasteiger partial charge in [0.05, 0.1) is 12.2 Å². The molecule has 1 fully saturated rings. The molecule has 2 aromatic carbocycles. The molecule has 1 aliphatic rings. The number of morpholine rings is 1. The molecule has 104 valence electrons. The van der Waals surface area contributed by atoms with Crippen LogP contribution in [0.2, 0.25) is 0 Å². The smallest absolute Gasteiger partial charge is 0.126 e. The van der Waals surface area contributed by atoms with E-state index in [4.69, 9.17) is 4.74 Å². The summed E-state index contributed by atoms with van der Waals surface area (Å²) in [4.78, 5) is 0. The van der Waals surface area contributed by atoms with Crippen molar-refractivity contribution in [3.63, 3.8) is 0 Å². The Morgan fingerprint density at radius 3 is 2.10 bits per heavy atom. The third-order valence-electron chi connectivity index (χ3n) is 3.42. The van der Waals surface area contributed by atoms with Crippen molar-refractivity contribution >= 4 is 0 Å². The first-order valence-corrected chi connectivity index (χ1v) is 6.59. The van der Waals surface area contributed by atoms with Gasteiger partial charge in [0.15, 0.2) is 0 Å². The summed E-state index contributed by atoms with van der Waals surface area (Å²) in [7, 11) is 0. The molecule has 1 saturated heterocycles. The topological polar surface area (TPSA) is 21.3 Å². The molecule has 1 aliphatic heterocycles. The summed E-state index contributed by atoms with van der Waals surface area (Å²) in [5.74, 6) is -1.16. The average Bonchev–Trinajstić information content (AvgIpc) is 2.47. The van der Waals surface area contributed by atoms with Gasteiger partial charge in [0, 0.05) is 19.2 Å². The summed E-state index contributed by atoms with van der Waals surface area (Å²) in [6, 6.07) is 13.3. The molecule has 2 unspecified atom stereocenters. The summed E-state index contributed by atoms with van der Waals surface area (Å²) < 4.78 is 32.5. The number of rotatable bonds is 2. The van der Waals surface area contributed by atoms with Crippen molar-refractivity contribution in [2.24, 2.45) is 0 Å². The van der Waals surface area contributed by atoms with E-state index in [2.05, 4.69) is 5.32 Å². The van der Waals surface area contributed by atoms with Crippen molar-refractivity contribution in [2.75, 3.05) is 13.1 Å². The number of ether oxygens (including phenoxy) is 1. The van der Waals surface area contributed by atoms with E-state index >= 15 is 0 Å². The van der Waals surface area contributed by atoms with E-state index in [0.29, 0.717) is 18.7 Å². The molecule has 0 radical (unpaired) electrons. The Balaban J connectivity index is 1.81. The van der Waals surface area contributed by atoms with Gasteiger partial charge < -0.3 is 10.1 Å². The summed E-state index contributed by atoms with van der Waals surface area (Å²) in [6.45, 7) is 1.24. The number of nitrogens with one attached hydrogen (secondary N) is 1. The van der Waals surface area contributed by atoms with Crippen LogP contribution in [0.15, 0.2) is 48.5 Å². The highest BCUT2D eigenvalue weighted by Crippen LogP contribution is 2.29. The van der Waals surface area contributed by atoms with Crippen LogP contribution in [0.1, 0.15) is 23.3 Å². The van der Waals surface area contributed by atoms with Crippen LogP contribution in [0.25, 0.3) is 0 Å². The number of hydrogen-bond donors (Lipinski definition) is 1. The predicted molar refractivity (Wildman–Crippen MR) is 72.2 cm³/mol. The van der Waals surface area contributed by atoms with Crippen LogP contribution >= 0.6 is 0 Å². The lowest BCUT2D eigenvalue weighted by atomic mass is 10.0. The molecule has 4 heteroatoms. The third kappa shape index (κ3) is 2.86. The Morgan fingerprint density at radius 1 is 0.850 bits per heavy atom. The molecule has 0 bridgehead atoms. The molecule has 0 spiro atoms. The van der Waals surface area contributed by atoms with Crippen molar-refractivity contribution in [2.45, 2.75) is 12.2 Å². The fourth-order valence-electron chi connectivity index (χ4n) is 2.46. The highest BCUT2D eigenvalue weighted by atomic mass is 19.1. The fraction of sp³-hybridized carbons (Fsp3) is 0.250. The molecular formula is C16H15F2NO. The molecule has 20 heavy (non-hydrogen) atoms. The minimum Gasteiger partial charge on any atom is -0.363 e. The van der Waals surface area contributed by atoms with Crippen LogP contribution in [0.5, 0.6) is 0 Å². The zero-order valence-electron chi connectivity index (χ0n) is 10.9. The van der Waals surface area contributed by atoms with Crippen LogP contribution in [0.4, 0.5) is 8.78 Å². The second-order valence-corrected chi connectivity index (χ2v) is 4.89. The zero-order chi connectivity index (χ0) is 13.9. The van der Waals surface area contributed by atoms with Gasteiger partial charge in [0.25, 0.3) is 0 Å². The van der Waals surface area contributed by atoms with Gasteiger partial charge in [-0.15, -0.1) is 0 Å². The third-order valence-corrected chi connectivity index (χ3v) is 3.42. The number of halogens is 2. The Labute approximate surface area is 116 Å². The number of hydrogen-bond acceptors (Lipinski definition) is 2.